The lowest BCUT2D eigenvalue weighted by molar-refractivity contribution is 0.284. The molecule has 0 aromatic rings. The highest BCUT2D eigenvalue weighted by molar-refractivity contribution is 5.26. The summed E-state index contributed by atoms with van der Waals surface area (Å²) in [7, 11) is 0. The minimum absolute atomic E-state index is 0.769. The van der Waals surface area contributed by atoms with Crippen molar-refractivity contribution in [2.75, 3.05) is 0 Å². The molecular weight excluding hydrogens is 144 g/mol. The molecule has 0 spiro atoms. The molecule has 1 saturated carbocycles. The average molecular weight is 162 g/mol. The van der Waals surface area contributed by atoms with Gasteiger partial charge in [-0.3, -0.25) is 0 Å². The molecule has 1 fully saturated rings. The van der Waals surface area contributed by atoms with E-state index in [9.17, 15) is 0 Å². The van der Waals surface area contributed by atoms with E-state index in [0.717, 1.165) is 11.8 Å². The van der Waals surface area contributed by atoms with Gasteiger partial charge in [0.05, 0.1) is 0 Å². The van der Waals surface area contributed by atoms with Crippen LogP contribution in [0.4, 0.5) is 0 Å². The predicted octanol–water partition coefficient (Wildman–Crippen LogP) is 3.70. The molecule has 0 bridgehead atoms. The maximum atomic E-state index is 2.40. The van der Waals surface area contributed by atoms with Crippen LogP contribution in [0.25, 0.3) is 0 Å². The minimum atomic E-state index is 0.769. The molecule has 0 aromatic carbocycles. The normalized spacial score (nSPS) is 28.8. The van der Waals surface area contributed by atoms with E-state index in [1.807, 2.05) is 0 Å². The van der Waals surface area contributed by atoms with E-state index in [4.69, 9.17) is 0 Å². The third kappa shape index (κ3) is 1.80. The molecule has 0 nitrogen and oxygen atoms in total. The van der Waals surface area contributed by atoms with Crippen molar-refractivity contribution < 1.29 is 0 Å². The number of allylic oxidation sites excluding steroid dienone is 4. The standard InChI is InChI=1S/C12H18/c1-10-5-6-12(9-10)8-7-11-3-2-4-11/h5-6,9,11-12H,2-4,7-8H2,1H3. The van der Waals surface area contributed by atoms with Crippen molar-refractivity contribution in [2.45, 2.75) is 39.0 Å². The highest BCUT2D eigenvalue weighted by atomic mass is 14.2. The van der Waals surface area contributed by atoms with Crippen LogP contribution in [0, 0.1) is 11.8 Å². The molecule has 12 heavy (non-hydrogen) atoms. The molecule has 0 aliphatic heterocycles. The molecule has 0 saturated heterocycles. The third-order valence-corrected chi connectivity index (χ3v) is 3.22. The van der Waals surface area contributed by atoms with E-state index < -0.39 is 0 Å². The summed E-state index contributed by atoms with van der Waals surface area (Å²) in [6.45, 7) is 2.19. The summed E-state index contributed by atoms with van der Waals surface area (Å²) >= 11 is 0. The molecule has 0 N–H and O–H groups in total. The third-order valence-electron chi connectivity index (χ3n) is 3.22. The van der Waals surface area contributed by atoms with Crippen molar-refractivity contribution in [3.63, 3.8) is 0 Å². The maximum absolute atomic E-state index is 2.40. The summed E-state index contributed by atoms with van der Waals surface area (Å²) in [5.74, 6) is 1.85. The highest BCUT2D eigenvalue weighted by Gasteiger charge is 2.18. The van der Waals surface area contributed by atoms with Gasteiger partial charge in [0.2, 0.25) is 0 Å². The molecule has 66 valence electrons. The topological polar surface area (TPSA) is 0 Å². The Balaban J connectivity index is 1.70. The van der Waals surface area contributed by atoms with Gasteiger partial charge in [0.1, 0.15) is 0 Å². The van der Waals surface area contributed by atoms with Gasteiger partial charge in [0, 0.05) is 0 Å². The summed E-state index contributed by atoms with van der Waals surface area (Å²) in [5, 5.41) is 0. The zero-order chi connectivity index (χ0) is 8.39. The number of rotatable bonds is 3. The van der Waals surface area contributed by atoms with E-state index >= 15 is 0 Å². The second-order valence-electron chi connectivity index (χ2n) is 4.31. The Morgan fingerprint density at radius 3 is 2.67 bits per heavy atom. The van der Waals surface area contributed by atoms with Gasteiger partial charge in [-0.05, 0) is 31.6 Å². The van der Waals surface area contributed by atoms with Crippen LogP contribution in [0.5, 0.6) is 0 Å². The zero-order valence-corrected chi connectivity index (χ0v) is 7.92. The molecular formula is C12H18. The van der Waals surface area contributed by atoms with Crippen LogP contribution in [-0.2, 0) is 0 Å². The van der Waals surface area contributed by atoms with Crippen LogP contribution in [0.1, 0.15) is 39.0 Å². The first-order chi connectivity index (χ1) is 5.84. The van der Waals surface area contributed by atoms with Crippen LogP contribution in [-0.4, -0.2) is 0 Å². The number of hydrogen-bond acceptors (Lipinski definition) is 0. The lowest BCUT2D eigenvalue weighted by Crippen LogP contribution is -2.11. The Labute approximate surface area is 75.4 Å². The van der Waals surface area contributed by atoms with Crippen molar-refractivity contribution in [2.24, 2.45) is 11.8 Å². The quantitative estimate of drug-likeness (QED) is 0.593. The minimum Gasteiger partial charge on any atom is -0.0774 e. The van der Waals surface area contributed by atoms with E-state index in [1.165, 1.54) is 37.7 Å². The highest BCUT2D eigenvalue weighted by Crippen LogP contribution is 2.33. The van der Waals surface area contributed by atoms with Crippen molar-refractivity contribution in [3.05, 3.63) is 23.8 Å². The molecule has 1 unspecified atom stereocenters. The second-order valence-corrected chi connectivity index (χ2v) is 4.31. The fourth-order valence-corrected chi connectivity index (χ4v) is 2.11. The molecule has 2 aliphatic rings. The predicted molar refractivity (Wildman–Crippen MR) is 53.0 cm³/mol. The first-order valence-corrected chi connectivity index (χ1v) is 5.21. The molecule has 2 rings (SSSR count). The van der Waals surface area contributed by atoms with Gasteiger partial charge >= 0.3 is 0 Å². The Hall–Kier alpha value is -0.520. The Bertz CT molecular complexity index is 206. The fourth-order valence-electron chi connectivity index (χ4n) is 2.11. The van der Waals surface area contributed by atoms with Crippen LogP contribution in [0.2, 0.25) is 0 Å². The van der Waals surface area contributed by atoms with Crippen LogP contribution in [0.15, 0.2) is 23.8 Å². The molecule has 2 aliphatic carbocycles. The Morgan fingerprint density at radius 1 is 1.33 bits per heavy atom. The summed E-state index contributed by atoms with van der Waals surface area (Å²) < 4.78 is 0. The van der Waals surface area contributed by atoms with E-state index in [2.05, 4.69) is 25.2 Å². The van der Waals surface area contributed by atoms with E-state index in [0.29, 0.717) is 0 Å². The van der Waals surface area contributed by atoms with Crippen molar-refractivity contribution in [1.82, 2.24) is 0 Å². The Kier molecular flexibility index (Phi) is 2.34. The zero-order valence-electron chi connectivity index (χ0n) is 7.92. The summed E-state index contributed by atoms with van der Waals surface area (Å²) in [5.41, 5.74) is 1.45. The Morgan fingerprint density at radius 2 is 2.17 bits per heavy atom. The molecule has 0 radical (unpaired) electrons. The largest absolute Gasteiger partial charge is 0.0774 e. The average Bonchev–Trinajstić information content (AvgIpc) is 2.32. The monoisotopic (exact) mass is 162 g/mol. The summed E-state index contributed by atoms with van der Waals surface area (Å²) in [4.78, 5) is 0. The lowest BCUT2D eigenvalue weighted by Gasteiger charge is -2.25. The first kappa shape index (κ1) is 8.10. The van der Waals surface area contributed by atoms with Gasteiger partial charge in [0.15, 0.2) is 0 Å². The second kappa shape index (κ2) is 3.47. The molecule has 0 heterocycles. The molecule has 0 amide bonds. The smallest absolute Gasteiger partial charge is 0.00445 e. The molecule has 0 heteroatoms. The van der Waals surface area contributed by atoms with Gasteiger partial charge in [-0.25, -0.2) is 0 Å². The molecule has 0 aromatic heterocycles. The maximum Gasteiger partial charge on any atom is -0.00445 e. The lowest BCUT2D eigenvalue weighted by atomic mass is 9.80. The SMILES string of the molecule is CC1=CC(CCC2CCC2)C=C1. The fraction of sp³-hybridized carbons (Fsp3) is 0.667. The summed E-state index contributed by atoms with van der Waals surface area (Å²) in [6.07, 6.45) is 14.3. The van der Waals surface area contributed by atoms with Crippen molar-refractivity contribution >= 4 is 0 Å². The van der Waals surface area contributed by atoms with Gasteiger partial charge in [0.25, 0.3) is 0 Å². The first-order valence-electron chi connectivity index (χ1n) is 5.21. The van der Waals surface area contributed by atoms with Crippen LogP contribution in [0.3, 0.4) is 0 Å². The summed E-state index contributed by atoms with van der Waals surface area (Å²) in [6, 6.07) is 0. The van der Waals surface area contributed by atoms with E-state index in [-0.39, 0.29) is 0 Å². The van der Waals surface area contributed by atoms with Gasteiger partial charge in [-0.2, -0.15) is 0 Å². The van der Waals surface area contributed by atoms with Crippen molar-refractivity contribution in [3.8, 4) is 0 Å². The number of hydrogen-bond donors (Lipinski definition) is 0. The van der Waals surface area contributed by atoms with Crippen LogP contribution < -0.4 is 0 Å². The van der Waals surface area contributed by atoms with Gasteiger partial charge < -0.3 is 0 Å². The van der Waals surface area contributed by atoms with Crippen molar-refractivity contribution in [1.29, 1.82) is 0 Å². The van der Waals surface area contributed by atoms with E-state index in [1.54, 1.807) is 0 Å². The van der Waals surface area contributed by atoms with Gasteiger partial charge in [-0.1, -0.05) is 43.1 Å². The van der Waals surface area contributed by atoms with Crippen LogP contribution >= 0.6 is 0 Å². The van der Waals surface area contributed by atoms with Gasteiger partial charge in [-0.15, -0.1) is 0 Å². The molecule has 1 atom stereocenters.